The molecule has 14 heavy (non-hydrogen) atoms. The largest absolute Gasteiger partial charge is 0.198 e. The average Bonchev–Trinajstić information content (AvgIpc) is 2.22. The summed E-state index contributed by atoms with van der Waals surface area (Å²) < 4.78 is 0. The van der Waals surface area contributed by atoms with Gasteiger partial charge in [-0.05, 0) is 12.8 Å². The Morgan fingerprint density at radius 3 is 1.50 bits per heavy atom. The number of hydrogen-bond donors (Lipinski definition) is 0. The zero-order chi connectivity index (χ0) is 10.8. The molecule has 0 rings (SSSR count). The van der Waals surface area contributed by atoms with Crippen molar-refractivity contribution in [2.75, 3.05) is 0 Å². The first-order chi connectivity index (χ1) is 6.78. The lowest BCUT2D eigenvalue weighted by molar-refractivity contribution is 0.558. The second-order valence-corrected chi connectivity index (χ2v) is 3.08. The zero-order valence-electron chi connectivity index (χ0n) is 8.77. The number of nitrogens with zero attached hydrogens (tertiary/aromatic N) is 4. The van der Waals surface area contributed by atoms with Gasteiger partial charge in [0.05, 0.1) is 37.1 Å². The fraction of sp³-hybridized carbons (Fsp3) is 0.800. The van der Waals surface area contributed by atoms with Gasteiger partial charge in [-0.15, -0.1) is 0 Å². The van der Waals surface area contributed by atoms with Gasteiger partial charge in [-0.3, -0.25) is 0 Å². The molecule has 0 fully saturated rings. The predicted molar refractivity (Wildman–Crippen MR) is 53.5 cm³/mol. The van der Waals surface area contributed by atoms with E-state index in [4.69, 9.17) is 10.5 Å². The van der Waals surface area contributed by atoms with Gasteiger partial charge >= 0.3 is 0 Å². The minimum absolute atomic E-state index is 0.00672. The molecular weight excluding hydrogens is 176 g/mol. The first-order valence-electron chi connectivity index (χ1n) is 4.92. The maximum Gasteiger partial charge on any atom is 0.0835 e. The van der Waals surface area contributed by atoms with Gasteiger partial charge in [-0.1, -0.05) is 13.8 Å². The van der Waals surface area contributed by atoms with E-state index in [1.54, 1.807) is 0 Å². The summed E-state index contributed by atoms with van der Waals surface area (Å²) in [5.74, 6) is 0. The van der Waals surface area contributed by atoms with E-state index in [-0.39, 0.29) is 12.1 Å². The molecule has 0 aliphatic rings. The number of nitriles is 2. The van der Waals surface area contributed by atoms with Crippen LogP contribution in [0.2, 0.25) is 0 Å². The highest BCUT2D eigenvalue weighted by Gasteiger charge is 2.06. The third-order valence-corrected chi connectivity index (χ3v) is 1.99. The Morgan fingerprint density at radius 2 is 1.29 bits per heavy atom. The second kappa shape index (κ2) is 8.19. The summed E-state index contributed by atoms with van der Waals surface area (Å²) in [6, 6.07) is 4.13. The molecule has 76 valence electrons. The molecule has 0 heterocycles. The quantitative estimate of drug-likeness (QED) is 0.607. The molecule has 0 aromatic rings. The third-order valence-electron chi connectivity index (χ3n) is 1.99. The van der Waals surface area contributed by atoms with E-state index in [1.807, 2.05) is 13.8 Å². The zero-order valence-corrected chi connectivity index (χ0v) is 8.77. The lowest BCUT2D eigenvalue weighted by Gasteiger charge is -2.06. The predicted octanol–water partition coefficient (Wildman–Crippen LogP) is 2.82. The van der Waals surface area contributed by atoms with Gasteiger partial charge in [0.15, 0.2) is 0 Å². The summed E-state index contributed by atoms with van der Waals surface area (Å²) in [5, 5.41) is 25.1. The van der Waals surface area contributed by atoms with Gasteiger partial charge in [0.2, 0.25) is 0 Å². The molecule has 4 nitrogen and oxygen atoms in total. The van der Waals surface area contributed by atoms with Crippen LogP contribution in [-0.2, 0) is 0 Å². The minimum atomic E-state index is -0.00672. The van der Waals surface area contributed by atoms with Crippen LogP contribution in [0.3, 0.4) is 0 Å². The molecule has 4 heteroatoms. The van der Waals surface area contributed by atoms with E-state index in [0.29, 0.717) is 12.8 Å². The summed E-state index contributed by atoms with van der Waals surface area (Å²) >= 11 is 0. The topological polar surface area (TPSA) is 72.3 Å². The molecule has 0 amide bonds. The molecular formula is C10H16N4. The van der Waals surface area contributed by atoms with Gasteiger partial charge in [0, 0.05) is 0 Å². The number of azo groups is 1. The highest BCUT2D eigenvalue weighted by atomic mass is 15.1. The Morgan fingerprint density at radius 1 is 0.929 bits per heavy atom. The molecule has 0 aromatic carbocycles. The summed E-state index contributed by atoms with van der Waals surface area (Å²) in [5.41, 5.74) is 0. The molecule has 0 aliphatic carbocycles. The van der Waals surface area contributed by atoms with Crippen LogP contribution in [0.1, 0.15) is 39.5 Å². The summed E-state index contributed by atoms with van der Waals surface area (Å²) in [6.07, 6.45) is 2.45. The van der Waals surface area contributed by atoms with Crippen LogP contribution in [0.4, 0.5) is 0 Å². The van der Waals surface area contributed by atoms with Gasteiger partial charge in [-0.25, -0.2) is 0 Å². The standard InChI is InChI=1S/C10H16N4/c1-3-9(5-7-11)13-14-10(4-2)6-8-12/h9-10H,3-6H2,1-2H3. The second-order valence-electron chi connectivity index (χ2n) is 3.08. The molecule has 2 unspecified atom stereocenters. The van der Waals surface area contributed by atoms with Gasteiger partial charge in [0.25, 0.3) is 0 Å². The van der Waals surface area contributed by atoms with Crippen molar-refractivity contribution in [2.45, 2.75) is 51.6 Å². The third kappa shape index (κ3) is 5.27. The highest BCUT2D eigenvalue weighted by molar-refractivity contribution is 4.81. The minimum Gasteiger partial charge on any atom is -0.198 e. The van der Waals surface area contributed by atoms with E-state index in [0.717, 1.165) is 12.8 Å². The summed E-state index contributed by atoms with van der Waals surface area (Å²) in [7, 11) is 0. The first kappa shape index (κ1) is 12.6. The van der Waals surface area contributed by atoms with E-state index in [1.165, 1.54) is 0 Å². The van der Waals surface area contributed by atoms with Crippen molar-refractivity contribution < 1.29 is 0 Å². The van der Waals surface area contributed by atoms with Crippen LogP contribution in [0.15, 0.2) is 10.2 Å². The Hall–Kier alpha value is -1.42. The van der Waals surface area contributed by atoms with Crippen LogP contribution in [-0.4, -0.2) is 12.1 Å². The summed E-state index contributed by atoms with van der Waals surface area (Å²) in [6.45, 7) is 3.96. The fourth-order valence-corrected chi connectivity index (χ4v) is 0.933. The maximum atomic E-state index is 8.49. The SMILES string of the molecule is CCC(CC#N)N=NC(CC)CC#N. The van der Waals surface area contributed by atoms with Crippen molar-refractivity contribution in [3.63, 3.8) is 0 Å². The average molecular weight is 192 g/mol. The van der Waals surface area contributed by atoms with Crippen LogP contribution in [0.25, 0.3) is 0 Å². The van der Waals surface area contributed by atoms with Crippen molar-refractivity contribution in [1.82, 2.24) is 0 Å². The lowest BCUT2D eigenvalue weighted by Crippen LogP contribution is -2.04. The molecule has 0 bridgehead atoms. The smallest absolute Gasteiger partial charge is 0.0835 e. The monoisotopic (exact) mass is 192 g/mol. The molecule has 0 aromatic heterocycles. The molecule has 2 atom stereocenters. The number of hydrogen-bond acceptors (Lipinski definition) is 4. The van der Waals surface area contributed by atoms with Crippen molar-refractivity contribution in [3.05, 3.63) is 0 Å². The Balaban J connectivity index is 4.10. The van der Waals surface area contributed by atoms with E-state index in [2.05, 4.69) is 22.4 Å². The molecule has 0 saturated carbocycles. The van der Waals surface area contributed by atoms with Crippen molar-refractivity contribution in [3.8, 4) is 12.1 Å². The van der Waals surface area contributed by atoms with Crippen molar-refractivity contribution >= 4 is 0 Å². The molecule has 0 saturated heterocycles. The van der Waals surface area contributed by atoms with E-state index in [9.17, 15) is 0 Å². The van der Waals surface area contributed by atoms with Crippen LogP contribution in [0.5, 0.6) is 0 Å². The molecule has 0 radical (unpaired) electrons. The Kier molecular flexibility index (Phi) is 7.36. The fourth-order valence-electron chi connectivity index (χ4n) is 0.933. The van der Waals surface area contributed by atoms with Gasteiger partial charge in [-0.2, -0.15) is 20.8 Å². The Bertz CT molecular complexity index is 220. The highest BCUT2D eigenvalue weighted by Crippen LogP contribution is 2.08. The summed E-state index contributed by atoms with van der Waals surface area (Å²) in [4.78, 5) is 0. The number of rotatable bonds is 6. The normalized spacial score (nSPS) is 14.6. The molecule has 0 spiro atoms. The maximum absolute atomic E-state index is 8.49. The first-order valence-corrected chi connectivity index (χ1v) is 4.92. The Labute approximate surface area is 85.3 Å². The van der Waals surface area contributed by atoms with E-state index < -0.39 is 0 Å². The lowest BCUT2D eigenvalue weighted by atomic mass is 10.2. The van der Waals surface area contributed by atoms with Crippen LogP contribution in [0, 0.1) is 22.7 Å². The van der Waals surface area contributed by atoms with Gasteiger partial charge in [0.1, 0.15) is 0 Å². The molecule has 0 N–H and O–H groups in total. The van der Waals surface area contributed by atoms with Crippen LogP contribution >= 0.6 is 0 Å². The molecule has 0 aliphatic heterocycles. The van der Waals surface area contributed by atoms with E-state index >= 15 is 0 Å². The van der Waals surface area contributed by atoms with Crippen LogP contribution < -0.4 is 0 Å². The van der Waals surface area contributed by atoms with Crippen molar-refractivity contribution in [1.29, 1.82) is 10.5 Å². The van der Waals surface area contributed by atoms with Gasteiger partial charge < -0.3 is 0 Å². The van der Waals surface area contributed by atoms with Crippen molar-refractivity contribution in [2.24, 2.45) is 10.2 Å².